The summed E-state index contributed by atoms with van der Waals surface area (Å²) in [7, 11) is 0. The second-order valence-corrected chi connectivity index (χ2v) is 6.43. The van der Waals surface area contributed by atoms with Crippen molar-refractivity contribution in [1.82, 2.24) is 35.4 Å². The van der Waals surface area contributed by atoms with Crippen LogP contribution in [0.5, 0.6) is 0 Å². The lowest BCUT2D eigenvalue weighted by atomic mass is 9.96. The van der Waals surface area contributed by atoms with Crippen molar-refractivity contribution >= 4 is 11.7 Å². The van der Waals surface area contributed by atoms with E-state index in [0.717, 1.165) is 44.8 Å². The maximum absolute atomic E-state index is 12.4. The number of rotatable bonds is 4. The van der Waals surface area contributed by atoms with E-state index in [1.165, 1.54) is 6.33 Å². The molecular weight excluding hydrogens is 336 g/mol. The predicted molar refractivity (Wildman–Crippen MR) is 92.4 cm³/mol. The zero-order valence-corrected chi connectivity index (χ0v) is 14.5. The van der Waals surface area contributed by atoms with E-state index in [0.29, 0.717) is 19.0 Å². The van der Waals surface area contributed by atoms with E-state index in [2.05, 4.69) is 30.6 Å². The monoisotopic (exact) mass is 358 g/mol. The van der Waals surface area contributed by atoms with Gasteiger partial charge in [0.15, 0.2) is 11.6 Å². The van der Waals surface area contributed by atoms with Crippen molar-refractivity contribution in [2.24, 2.45) is 5.92 Å². The molecule has 138 valence electrons. The minimum Gasteiger partial charge on any atom is -0.379 e. The molecule has 10 heteroatoms. The van der Waals surface area contributed by atoms with E-state index < -0.39 is 0 Å². The molecular formula is C16H22N8O2. The molecule has 1 amide bonds. The van der Waals surface area contributed by atoms with Gasteiger partial charge in [-0.2, -0.15) is 5.10 Å². The molecule has 0 bridgehead atoms. The smallest absolute Gasteiger partial charge is 0.237 e. The minimum absolute atomic E-state index is 0.0384. The van der Waals surface area contributed by atoms with Crippen LogP contribution in [0.1, 0.15) is 12.8 Å². The average Bonchev–Trinajstić information content (AvgIpc) is 3.24. The van der Waals surface area contributed by atoms with E-state index in [4.69, 9.17) is 4.74 Å². The Morgan fingerprint density at radius 1 is 1.08 bits per heavy atom. The third-order valence-corrected chi connectivity index (χ3v) is 4.76. The lowest BCUT2D eigenvalue weighted by molar-refractivity contribution is -0.132. The topological polar surface area (TPSA) is 101 Å². The number of anilines is 1. The minimum atomic E-state index is 0.0384. The maximum Gasteiger partial charge on any atom is 0.237 e. The fourth-order valence-electron chi connectivity index (χ4n) is 3.23. The third kappa shape index (κ3) is 3.81. The SMILES string of the molecule is O=C(NN1CCOCC1)C1CCN(c2ccc(-n3cncn3)nn2)CC1. The molecule has 2 aromatic rings. The quantitative estimate of drug-likeness (QED) is 0.791. The van der Waals surface area contributed by atoms with Gasteiger partial charge in [0.25, 0.3) is 0 Å². The van der Waals surface area contributed by atoms with Gasteiger partial charge in [-0.15, -0.1) is 10.2 Å². The summed E-state index contributed by atoms with van der Waals surface area (Å²) in [6.45, 7) is 4.41. The Kier molecular flexibility index (Phi) is 5.02. The fourth-order valence-corrected chi connectivity index (χ4v) is 3.23. The summed E-state index contributed by atoms with van der Waals surface area (Å²) in [6, 6.07) is 3.80. The second-order valence-electron chi connectivity index (χ2n) is 6.43. The number of nitrogens with zero attached hydrogens (tertiary/aromatic N) is 7. The number of carbonyl (C=O) groups is 1. The highest BCUT2D eigenvalue weighted by Gasteiger charge is 2.27. The number of nitrogens with one attached hydrogen (secondary N) is 1. The number of amides is 1. The molecule has 0 radical (unpaired) electrons. The van der Waals surface area contributed by atoms with Crippen LogP contribution < -0.4 is 10.3 Å². The number of carbonyl (C=O) groups excluding carboxylic acids is 1. The van der Waals surface area contributed by atoms with Gasteiger partial charge in [-0.1, -0.05) is 0 Å². The summed E-state index contributed by atoms with van der Waals surface area (Å²) < 4.78 is 6.87. The summed E-state index contributed by atoms with van der Waals surface area (Å²) in [4.78, 5) is 18.5. The third-order valence-electron chi connectivity index (χ3n) is 4.76. The normalized spacial score (nSPS) is 19.5. The molecule has 0 spiro atoms. The summed E-state index contributed by atoms with van der Waals surface area (Å²) >= 11 is 0. The highest BCUT2D eigenvalue weighted by atomic mass is 16.5. The van der Waals surface area contributed by atoms with Gasteiger partial charge >= 0.3 is 0 Å². The Balaban J connectivity index is 1.29. The summed E-state index contributed by atoms with van der Waals surface area (Å²) in [6.07, 6.45) is 4.66. The highest BCUT2D eigenvalue weighted by Crippen LogP contribution is 2.22. The molecule has 0 atom stereocenters. The van der Waals surface area contributed by atoms with Crippen molar-refractivity contribution < 1.29 is 9.53 Å². The van der Waals surface area contributed by atoms with Gasteiger partial charge in [-0.05, 0) is 25.0 Å². The van der Waals surface area contributed by atoms with Gasteiger partial charge in [0.1, 0.15) is 12.7 Å². The number of piperidine rings is 1. The predicted octanol–water partition coefficient (Wildman–Crippen LogP) is -0.363. The first-order chi connectivity index (χ1) is 12.8. The Hall–Kier alpha value is -2.59. The van der Waals surface area contributed by atoms with Gasteiger partial charge in [-0.25, -0.2) is 14.7 Å². The lowest BCUT2D eigenvalue weighted by Gasteiger charge is -2.34. The largest absolute Gasteiger partial charge is 0.379 e. The van der Waals surface area contributed by atoms with Crippen molar-refractivity contribution in [1.29, 1.82) is 0 Å². The lowest BCUT2D eigenvalue weighted by Crippen LogP contribution is -2.51. The molecule has 0 aliphatic carbocycles. The molecule has 10 nitrogen and oxygen atoms in total. The summed E-state index contributed by atoms with van der Waals surface area (Å²) in [5.41, 5.74) is 3.02. The Bertz CT molecular complexity index is 706. The van der Waals surface area contributed by atoms with Crippen LogP contribution in [0.15, 0.2) is 24.8 Å². The Morgan fingerprint density at radius 3 is 2.46 bits per heavy atom. The van der Waals surface area contributed by atoms with E-state index in [9.17, 15) is 4.79 Å². The fraction of sp³-hybridized carbons (Fsp3) is 0.562. The zero-order valence-electron chi connectivity index (χ0n) is 14.5. The number of hydrogen-bond donors (Lipinski definition) is 1. The maximum atomic E-state index is 12.4. The van der Waals surface area contributed by atoms with E-state index >= 15 is 0 Å². The van der Waals surface area contributed by atoms with Gasteiger partial charge in [-0.3, -0.25) is 10.2 Å². The highest BCUT2D eigenvalue weighted by molar-refractivity contribution is 5.78. The van der Waals surface area contributed by atoms with Crippen LogP contribution in [0.2, 0.25) is 0 Å². The van der Waals surface area contributed by atoms with Gasteiger partial charge in [0, 0.05) is 32.1 Å². The average molecular weight is 358 g/mol. The number of hydrazine groups is 1. The molecule has 1 N–H and O–H groups in total. The summed E-state index contributed by atoms with van der Waals surface area (Å²) in [5, 5.41) is 14.5. The van der Waals surface area contributed by atoms with Crippen molar-refractivity contribution in [3.63, 3.8) is 0 Å². The van der Waals surface area contributed by atoms with Crippen LogP contribution in [0.25, 0.3) is 5.82 Å². The number of morpholine rings is 1. The number of hydrogen-bond acceptors (Lipinski definition) is 8. The standard InChI is InChI=1S/C16H22N8O2/c25-16(21-23-7-9-26-10-8-23)13-3-5-22(6-4-13)14-1-2-15(20-19-14)24-12-17-11-18-24/h1-2,11-13H,3-10H2,(H,21,25). The molecule has 2 aromatic heterocycles. The first kappa shape index (κ1) is 16.9. The van der Waals surface area contributed by atoms with Gasteiger partial charge < -0.3 is 9.64 Å². The first-order valence-corrected chi connectivity index (χ1v) is 8.86. The Labute approximate surface area is 151 Å². The van der Waals surface area contributed by atoms with Crippen LogP contribution in [-0.2, 0) is 9.53 Å². The van der Waals surface area contributed by atoms with Crippen LogP contribution in [0, 0.1) is 5.92 Å². The number of aromatic nitrogens is 5. The van der Waals surface area contributed by atoms with Crippen molar-refractivity contribution in [3.8, 4) is 5.82 Å². The molecule has 0 aromatic carbocycles. The van der Waals surface area contributed by atoms with Crippen LogP contribution in [0.4, 0.5) is 5.82 Å². The number of ether oxygens (including phenoxy) is 1. The van der Waals surface area contributed by atoms with Crippen molar-refractivity contribution in [3.05, 3.63) is 24.8 Å². The Morgan fingerprint density at radius 2 is 1.81 bits per heavy atom. The molecule has 4 rings (SSSR count). The van der Waals surface area contributed by atoms with E-state index in [1.807, 2.05) is 17.1 Å². The molecule has 0 saturated carbocycles. The molecule has 2 aliphatic heterocycles. The van der Waals surface area contributed by atoms with Crippen molar-refractivity contribution in [2.45, 2.75) is 12.8 Å². The second kappa shape index (κ2) is 7.75. The summed E-state index contributed by atoms with van der Waals surface area (Å²) in [5.74, 6) is 1.60. The molecule has 2 fully saturated rings. The van der Waals surface area contributed by atoms with E-state index in [-0.39, 0.29) is 11.8 Å². The van der Waals surface area contributed by atoms with Crippen LogP contribution in [0.3, 0.4) is 0 Å². The van der Waals surface area contributed by atoms with E-state index in [1.54, 1.807) is 11.0 Å². The zero-order chi connectivity index (χ0) is 17.8. The molecule has 26 heavy (non-hydrogen) atoms. The first-order valence-electron chi connectivity index (χ1n) is 8.86. The van der Waals surface area contributed by atoms with Crippen LogP contribution >= 0.6 is 0 Å². The molecule has 2 saturated heterocycles. The van der Waals surface area contributed by atoms with Gasteiger partial charge in [0.2, 0.25) is 5.91 Å². The van der Waals surface area contributed by atoms with Crippen LogP contribution in [-0.4, -0.2) is 75.3 Å². The molecule has 0 unspecified atom stereocenters. The molecule has 4 heterocycles. The van der Waals surface area contributed by atoms with Gasteiger partial charge in [0.05, 0.1) is 13.2 Å². The molecule has 2 aliphatic rings. The van der Waals surface area contributed by atoms with Crippen molar-refractivity contribution in [2.75, 3.05) is 44.3 Å².